The molecule has 1 fully saturated rings. The zero-order chi connectivity index (χ0) is 18.6. The molecule has 1 unspecified atom stereocenters. The lowest BCUT2D eigenvalue weighted by atomic mass is 9.97. The molecule has 1 aliphatic rings. The van der Waals surface area contributed by atoms with E-state index < -0.39 is 0 Å². The summed E-state index contributed by atoms with van der Waals surface area (Å²) >= 11 is 0. The van der Waals surface area contributed by atoms with Crippen LogP contribution >= 0.6 is 0 Å². The van der Waals surface area contributed by atoms with Crippen LogP contribution in [0.1, 0.15) is 18.4 Å². The number of nitrogens with one attached hydrogen (secondary N) is 2. The number of methoxy groups -OCH3 is 1. The number of fused-ring (bicyclic) bond motifs is 1. The fourth-order valence-electron chi connectivity index (χ4n) is 3.45. The fraction of sp³-hybridized carbons (Fsp3) is 0.368. The predicted molar refractivity (Wildman–Crippen MR) is 101 cm³/mol. The molecule has 3 aromatic rings. The number of carbonyl (C=O) groups is 1. The van der Waals surface area contributed by atoms with Gasteiger partial charge in [-0.2, -0.15) is 0 Å². The van der Waals surface area contributed by atoms with Gasteiger partial charge in [-0.3, -0.25) is 4.79 Å². The Bertz CT molecular complexity index is 923. The number of piperidine rings is 1. The maximum absolute atomic E-state index is 12.7. The normalized spacial score (nSPS) is 17.1. The van der Waals surface area contributed by atoms with Gasteiger partial charge in [0.2, 0.25) is 5.91 Å². The molecule has 0 radical (unpaired) electrons. The zero-order valence-corrected chi connectivity index (χ0v) is 15.2. The van der Waals surface area contributed by atoms with Gasteiger partial charge in [-0.15, -0.1) is 0 Å². The molecule has 3 heterocycles. The van der Waals surface area contributed by atoms with Crippen molar-refractivity contribution in [3.8, 4) is 5.75 Å². The fourth-order valence-corrected chi connectivity index (χ4v) is 3.45. The van der Waals surface area contributed by atoms with Gasteiger partial charge >= 0.3 is 0 Å². The van der Waals surface area contributed by atoms with Crippen LogP contribution in [-0.2, 0) is 11.3 Å². The monoisotopic (exact) mass is 366 g/mol. The van der Waals surface area contributed by atoms with Gasteiger partial charge in [-0.25, -0.2) is 15.0 Å². The van der Waals surface area contributed by atoms with Gasteiger partial charge in [0, 0.05) is 19.6 Å². The summed E-state index contributed by atoms with van der Waals surface area (Å²) in [5.41, 5.74) is 2.51. The molecule has 0 bridgehead atoms. The second-order valence-electron chi connectivity index (χ2n) is 6.65. The summed E-state index contributed by atoms with van der Waals surface area (Å²) in [6.07, 6.45) is 4.96. The van der Waals surface area contributed by atoms with Crippen molar-refractivity contribution in [1.29, 1.82) is 0 Å². The van der Waals surface area contributed by atoms with E-state index in [0.717, 1.165) is 42.0 Å². The predicted octanol–water partition coefficient (Wildman–Crippen LogP) is 1.89. The summed E-state index contributed by atoms with van der Waals surface area (Å²) in [6.45, 7) is 2.02. The van der Waals surface area contributed by atoms with E-state index in [2.05, 4.69) is 30.2 Å². The van der Waals surface area contributed by atoms with E-state index in [-0.39, 0.29) is 11.8 Å². The Labute approximate surface area is 157 Å². The number of amides is 1. The second-order valence-corrected chi connectivity index (χ2v) is 6.65. The van der Waals surface area contributed by atoms with Crippen LogP contribution < -0.4 is 15.0 Å². The average molecular weight is 366 g/mol. The first-order chi connectivity index (χ1) is 13.2. The topological polar surface area (TPSA) is 96.0 Å². The molecular weight excluding hydrogens is 344 g/mol. The number of hydrogen-bond donors (Lipinski definition) is 2. The van der Waals surface area contributed by atoms with Crippen molar-refractivity contribution in [1.82, 2.24) is 25.3 Å². The Balaban J connectivity index is 1.40. The largest absolute Gasteiger partial charge is 0.497 e. The van der Waals surface area contributed by atoms with Gasteiger partial charge in [0.1, 0.15) is 17.6 Å². The van der Waals surface area contributed by atoms with E-state index in [1.165, 1.54) is 6.33 Å². The third-order valence-corrected chi connectivity index (χ3v) is 4.92. The number of imidazole rings is 1. The quantitative estimate of drug-likeness (QED) is 0.716. The number of nitrogens with zero attached hydrogens (tertiary/aromatic N) is 4. The minimum Gasteiger partial charge on any atom is -0.497 e. The third-order valence-electron chi connectivity index (χ3n) is 4.92. The number of carbonyl (C=O) groups excluding carboxylic acids is 1. The lowest BCUT2D eigenvalue weighted by molar-refractivity contribution is -0.125. The smallest absolute Gasteiger partial charge is 0.225 e. The number of aromatic nitrogens is 4. The van der Waals surface area contributed by atoms with Crippen LogP contribution in [-0.4, -0.2) is 46.0 Å². The number of H-pyrrole nitrogens is 1. The first-order valence-corrected chi connectivity index (χ1v) is 9.04. The molecule has 1 atom stereocenters. The van der Waals surface area contributed by atoms with Crippen molar-refractivity contribution in [3.63, 3.8) is 0 Å². The first kappa shape index (κ1) is 17.3. The van der Waals surface area contributed by atoms with Crippen molar-refractivity contribution in [2.45, 2.75) is 19.4 Å². The minimum absolute atomic E-state index is 0.0649. The molecule has 0 spiro atoms. The Kier molecular flexibility index (Phi) is 4.86. The van der Waals surface area contributed by atoms with Crippen LogP contribution in [0.3, 0.4) is 0 Å². The van der Waals surface area contributed by atoms with E-state index in [0.29, 0.717) is 18.7 Å². The summed E-state index contributed by atoms with van der Waals surface area (Å²) in [7, 11) is 1.64. The van der Waals surface area contributed by atoms with Gasteiger partial charge in [0.05, 0.1) is 19.4 Å². The molecule has 2 N–H and O–H groups in total. The lowest BCUT2D eigenvalue weighted by Gasteiger charge is -2.32. The SMILES string of the molecule is COc1ccc(CNC(=O)C2CCCN(c3ncnc4nc[nH]c34)C2)cc1. The highest BCUT2D eigenvalue weighted by atomic mass is 16.5. The standard InChI is InChI=1S/C19H22N6O2/c1-27-15-6-4-13(5-7-15)9-20-19(26)14-3-2-8-25(10-14)18-16-17(22-11-21-16)23-12-24-18/h4-7,11-12,14H,2-3,8-10H2,1H3,(H,20,26)(H,21,22,23,24). The average Bonchev–Trinajstić information content (AvgIpc) is 3.21. The maximum atomic E-state index is 12.7. The zero-order valence-electron chi connectivity index (χ0n) is 15.2. The van der Waals surface area contributed by atoms with E-state index in [1.807, 2.05) is 24.3 Å². The number of hydrogen-bond acceptors (Lipinski definition) is 6. The highest BCUT2D eigenvalue weighted by molar-refractivity contribution is 5.84. The molecule has 140 valence electrons. The van der Waals surface area contributed by atoms with E-state index in [4.69, 9.17) is 4.74 Å². The van der Waals surface area contributed by atoms with Gasteiger partial charge in [0.25, 0.3) is 0 Å². The molecule has 8 nitrogen and oxygen atoms in total. The van der Waals surface area contributed by atoms with E-state index in [1.54, 1.807) is 13.4 Å². The molecule has 0 aliphatic carbocycles. The molecule has 1 amide bonds. The third kappa shape index (κ3) is 3.69. The van der Waals surface area contributed by atoms with Crippen LogP contribution in [0.25, 0.3) is 11.2 Å². The van der Waals surface area contributed by atoms with Crippen molar-refractivity contribution in [2.24, 2.45) is 5.92 Å². The van der Waals surface area contributed by atoms with Crippen LogP contribution in [0.5, 0.6) is 5.75 Å². The van der Waals surface area contributed by atoms with Gasteiger partial charge in [0.15, 0.2) is 11.5 Å². The number of benzene rings is 1. The number of aromatic amines is 1. The minimum atomic E-state index is -0.0649. The summed E-state index contributed by atoms with van der Waals surface area (Å²) in [4.78, 5) is 30.7. The maximum Gasteiger partial charge on any atom is 0.225 e. The summed E-state index contributed by atoms with van der Waals surface area (Å²) in [6, 6.07) is 7.72. The molecular formula is C19H22N6O2. The summed E-state index contributed by atoms with van der Waals surface area (Å²) in [5, 5.41) is 3.05. The van der Waals surface area contributed by atoms with Gasteiger partial charge < -0.3 is 19.9 Å². The Hall–Kier alpha value is -3.16. The van der Waals surface area contributed by atoms with Crippen molar-refractivity contribution in [2.75, 3.05) is 25.1 Å². The number of ether oxygens (including phenoxy) is 1. The Morgan fingerprint density at radius 2 is 2.15 bits per heavy atom. The van der Waals surface area contributed by atoms with Crippen LogP contribution in [0.15, 0.2) is 36.9 Å². The van der Waals surface area contributed by atoms with E-state index in [9.17, 15) is 4.79 Å². The Morgan fingerprint density at radius 1 is 1.30 bits per heavy atom. The highest BCUT2D eigenvalue weighted by Crippen LogP contribution is 2.25. The van der Waals surface area contributed by atoms with Crippen LogP contribution in [0.4, 0.5) is 5.82 Å². The van der Waals surface area contributed by atoms with Crippen LogP contribution in [0.2, 0.25) is 0 Å². The van der Waals surface area contributed by atoms with Crippen molar-refractivity contribution >= 4 is 22.9 Å². The van der Waals surface area contributed by atoms with Crippen molar-refractivity contribution < 1.29 is 9.53 Å². The molecule has 1 saturated heterocycles. The molecule has 0 saturated carbocycles. The lowest BCUT2D eigenvalue weighted by Crippen LogP contribution is -2.43. The van der Waals surface area contributed by atoms with Gasteiger partial charge in [-0.1, -0.05) is 12.1 Å². The molecule has 1 aromatic carbocycles. The summed E-state index contributed by atoms with van der Waals surface area (Å²) < 4.78 is 5.16. The Morgan fingerprint density at radius 3 is 2.96 bits per heavy atom. The van der Waals surface area contributed by atoms with E-state index >= 15 is 0 Å². The van der Waals surface area contributed by atoms with Crippen LogP contribution in [0, 0.1) is 5.92 Å². The molecule has 8 heteroatoms. The number of rotatable bonds is 5. The molecule has 4 rings (SSSR count). The number of anilines is 1. The van der Waals surface area contributed by atoms with Gasteiger partial charge in [-0.05, 0) is 30.5 Å². The summed E-state index contributed by atoms with van der Waals surface area (Å²) in [5.74, 6) is 1.63. The molecule has 1 aliphatic heterocycles. The molecule has 27 heavy (non-hydrogen) atoms. The molecule has 2 aromatic heterocycles. The van der Waals surface area contributed by atoms with Crippen molar-refractivity contribution in [3.05, 3.63) is 42.5 Å². The highest BCUT2D eigenvalue weighted by Gasteiger charge is 2.27. The second kappa shape index (κ2) is 7.61. The first-order valence-electron chi connectivity index (χ1n) is 9.04.